The van der Waals surface area contributed by atoms with Crippen molar-refractivity contribution in [2.24, 2.45) is 0 Å². The molecule has 2 atom stereocenters. The van der Waals surface area contributed by atoms with Gasteiger partial charge in [-0.05, 0) is 22.6 Å². The molecule has 0 amide bonds. The van der Waals surface area contributed by atoms with E-state index in [2.05, 4.69) is 153 Å². The number of hydrogen-bond donors (Lipinski definition) is 0. The van der Waals surface area contributed by atoms with Gasteiger partial charge >= 0.3 is 0 Å². The Hall–Kier alpha value is 4.80. The molecule has 10 heteroatoms. The van der Waals surface area contributed by atoms with E-state index in [9.17, 15) is 0 Å². The Morgan fingerprint density at radius 1 is 0.315 bits per heavy atom. The standard InChI is InChI=1S/C33H18.C19H14.C3H8.4C2H6.10Y/c1-3-12-22(13-4-1)30-24-16-7-9-18-26(24)32-27-19-10-8-17-25(27)31(23-14-5-2-6-15-23)29-21-11-20-28(30)33(29)32;1-4-10-16(11-5-1)19(17-12-6-2-7-13-17)18-14-8-3-9-15-18;1-3-2;4*1-2;;;;;;;;;;/h1-12,14,20-21,30-32H;1-12,14,19H;3H2,1-2H3;4*1-2H3;;;;;;;;;;/q-6;-2;;;;;;;;;;;;;;;. The first-order chi connectivity index (χ1) is 31.3. The Morgan fingerprint density at radius 3 is 0.918 bits per heavy atom. The van der Waals surface area contributed by atoms with Gasteiger partial charge in [-0.1, -0.05) is 142 Å². The first-order valence-corrected chi connectivity index (χ1v) is 23.2. The van der Waals surface area contributed by atoms with Crippen LogP contribution in [0.1, 0.15) is 166 Å². The number of hydrogen-bond acceptors (Lipinski definition) is 0. The van der Waals surface area contributed by atoms with Gasteiger partial charge in [0.1, 0.15) is 0 Å². The molecule has 0 spiro atoms. The van der Waals surface area contributed by atoms with Crippen molar-refractivity contribution in [1.29, 1.82) is 0 Å². The van der Waals surface area contributed by atoms with E-state index in [-0.39, 0.29) is 351 Å². The molecule has 0 aromatic heterocycles. The minimum absolute atomic E-state index is 0. The Balaban J connectivity index is -0.000000191. The van der Waals surface area contributed by atoms with E-state index in [1.54, 1.807) is 0 Å². The van der Waals surface area contributed by atoms with Gasteiger partial charge in [0, 0.05) is 327 Å². The van der Waals surface area contributed by atoms with Crippen molar-refractivity contribution in [2.45, 2.75) is 99.3 Å². The van der Waals surface area contributed by atoms with Gasteiger partial charge in [0.15, 0.2) is 0 Å². The van der Waals surface area contributed by atoms with E-state index in [1.165, 1.54) is 73.2 Å². The summed E-state index contributed by atoms with van der Waals surface area (Å²) in [7, 11) is 0. The molecule has 0 heterocycles. The first-order valence-electron chi connectivity index (χ1n) is 23.2. The molecule has 10 radical (unpaired) electrons. The van der Waals surface area contributed by atoms with E-state index in [0.29, 0.717) is 0 Å². The van der Waals surface area contributed by atoms with Gasteiger partial charge in [-0.25, -0.2) is 0 Å². The monoisotopic (exact) mass is 1710 g/mol. The predicted molar refractivity (Wildman–Crippen MR) is 267 cm³/mol. The molecule has 8 aromatic carbocycles. The van der Waals surface area contributed by atoms with Crippen molar-refractivity contribution in [3.63, 3.8) is 0 Å². The van der Waals surface area contributed by atoms with Crippen LogP contribution in [0.4, 0.5) is 0 Å². The average Bonchev–Trinajstić information content (AvgIpc) is 3.38. The third kappa shape index (κ3) is 25.9. The summed E-state index contributed by atoms with van der Waals surface area (Å²) >= 11 is 0. The van der Waals surface area contributed by atoms with Crippen LogP contribution in [0.25, 0.3) is 0 Å². The molecular weight excluding hydrogens is 1650 g/mol. The number of rotatable bonds is 5. The minimum Gasteiger partial charge on any atom is -0.316 e. The smallest absolute Gasteiger partial charge is 0 e. The van der Waals surface area contributed by atoms with Gasteiger partial charge in [0.25, 0.3) is 0 Å². The molecule has 2 unspecified atom stereocenters. The number of fused-ring (bicyclic) bond motifs is 4. The molecule has 0 bridgehead atoms. The van der Waals surface area contributed by atoms with Gasteiger partial charge in [0.05, 0.1) is 0 Å². The normalized spacial score (nSPS) is 12.3. The average molecular weight is 1710 g/mol. The van der Waals surface area contributed by atoms with Crippen LogP contribution in [0.3, 0.4) is 0 Å². The summed E-state index contributed by atoms with van der Waals surface area (Å²) in [4.78, 5) is 0. The molecule has 0 nitrogen and oxygen atoms in total. The second-order valence-corrected chi connectivity index (χ2v) is 13.9. The van der Waals surface area contributed by atoms with Crippen LogP contribution >= 0.6 is 0 Å². The van der Waals surface area contributed by atoms with Gasteiger partial charge < -0.3 is 24.3 Å². The van der Waals surface area contributed by atoms with Crippen molar-refractivity contribution in [2.75, 3.05) is 0 Å². The van der Waals surface area contributed by atoms with Gasteiger partial charge in [-0.2, -0.15) is 144 Å². The molecule has 8 aromatic rings. The summed E-state index contributed by atoms with van der Waals surface area (Å²) in [6.07, 6.45) is 1.25. The fourth-order valence-electron chi connectivity index (χ4n) is 8.14. The Morgan fingerprint density at radius 2 is 0.616 bits per heavy atom. The van der Waals surface area contributed by atoms with Crippen LogP contribution in [-0.4, -0.2) is 0 Å². The van der Waals surface area contributed by atoms with Crippen molar-refractivity contribution < 1.29 is 327 Å². The van der Waals surface area contributed by atoms with E-state index in [0.717, 1.165) is 0 Å². The van der Waals surface area contributed by atoms with Crippen molar-refractivity contribution in [1.82, 2.24) is 0 Å². The fourth-order valence-corrected chi connectivity index (χ4v) is 8.14. The zero-order valence-corrected chi connectivity index (χ0v) is 73.3. The van der Waals surface area contributed by atoms with E-state index < -0.39 is 0 Å². The SMILES string of the molecule is CC.CC.CC.CC.CCC.[Y].[Y].[Y].[Y].[Y].[Y].[Y].[Y].[Y].[Y].[c-]1ccccc1C(c1[c-]cccc1)c1ccccc1.[c-]1ccccc1C1c2[c-]cc[c-]c2C2c3[c-]cc[c-]c3C(c3[c-]cccc3)c3cccc1c32. The largest absolute Gasteiger partial charge is 0.316 e. The maximum Gasteiger partial charge on any atom is 0 e. The Kier molecular flexibility index (Phi) is 68.6. The maximum atomic E-state index is 3.60. The van der Waals surface area contributed by atoms with Gasteiger partial charge in [-0.3, -0.25) is 46.5 Å². The summed E-state index contributed by atoms with van der Waals surface area (Å²) in [6, 6.07) is 86.2. The van der Waals surface area contributed by atoms with Gasteiger partial charge in [0.2, 0.25) is 0 Å². The third-order valence-corrected chi connectivity index (χ3v) is 10.3. The molecule has 73 heavy (non-hydrogen) atoms. The first kappa shape index (κ1) is 91.5. The summed E-state index contributed by atoms with van der Waals surface area (Å²) < 4.78 is 0. The molecule has 0 saturated carbocycles. The maximum absolute atomic E-state index is 3.60. The van der Waals surface area contributed by atoms with Crippen molar-refractivity contribution in [3.05, 3.63) is 285 Å². The number of benzene rings is 8. The summed E-state index contributed by atoms with van der Waals surface area (Å²) in [6.45, 7) is 20.2. The van der Waals surface area contributed by atoms with E-state index in [1.807, 2.05) is 134 Å². The molecule has 0 saturated heterocycles. The third-order valence-electron chi connectivity index (χ3n) is 10.3. The van der Waals surface area contributed by atoms with Crippen LogP contribution in [0.5, 0.6) is 0 Å². The quantitative estimate of drug-likeness (QED) is 0.119. The summed E-state index contributed by atoms with van der Waals surface area (Å²) in [5.41, 5.74) is 14.7. The second kappa shape index (κ2) is 54.7. The molecule has 0 N–H and O–H groups in total. The molecule has 0 aliphatic heterocycles. The van der Waals surface area contributed by atoms with Crippen molar-refractivity contribution in [3.8, 4) is 0 Å². The topological polar surface area (TPSA) is 0 Å². The second-order valence-electron chi connectivity index (χ2n) is 13.9. The molecule has 10 rings (SSSR count). The predicted octanol–water partition coefficient (Wildman–Crippen LogP) is 16.6. The Bertz CT molecular complexity index is 2250. The fraction of sp³-hybridized carbons (Fsp3) is 0.238. The van der Waals surface area contributed by atoms with Crippen LogP contribution in [0, 0.1) is 48.5 Å². The van der Waals surface area contributed by atoms with Crippen LogP contribution in [0.2, 0.25) is 0 Å². The van der Waals surface area contributed by atoms with Crippen molar-refractivity contribution >= 4 is 0 Å². The zero-order chi connectivity index (χ0) is 45.4. The Labute approximate surface area is 696 Å². The summed E-state index contributed by atoms with van der Waals surface area (Å²) in [5.74, 6) is 0.443. The van der Waals surface area contributed by atoms with E-state index in [4.69, 9.17) is 0 Å². The van der Waals surface area contributed by atoms with E-state index >= 15 is 0 Å². The zero-order valence-electron chi connectivity index (χ0n) is 45.0. The van der Waals surface area contributed by atoms with Crippen LogP contribution in [0.15, 0.2) is 170 Å². The minimum atomic E-state index is 0. The van der Waals surface area contributed by atoms with Gasteiger partial charge in [-0.15, -0.1) is 5.92 Å². The van der Waals surface area contributed by atoms with Crippen LogP contribution in [-0.2, 0) is 327 Å². The molecular formula is C63H64Y10-8. The molecule has 2 aliphatic rings. The van der Waals surface area contributed by atoms with Crippen LogP contribution < -0.4 is 0 Å². The molecule has 2 aliphatic carbocycles. The molecule has 0 fully saturated rings. The summed E-state index contributed by atoms with van der Waals surface area (Å²) in [5, 5.41) is 0. The molecule has 354 valence electrons.